The number of hydrogen-bond donors (Lipinski definition) is 2. The van der Waals surface area contributed by atoms with Gasteiger partial charge in [0.15, 0.2) is 5.96 Å². The van der Waals surface area contributed by atoms with Gasteiger partial charge in [0.1, 0.15) is 5.82 Å². The highest BCUT2D eigenvalue weighted by Crippen LogP contribution is 2.23. The molecule has 0 radical (unpaired) electrons. The van der Waals surface area contributed by atoms with E-state index in [1.807, 2.05) is 0 Å². The molecule has 1 aliphatic rings. The zero-order valence-corrected chi connectivity index (χ0v) is 14.9. The van der Waals surface area contributed by atoms with Crippen molar-refractivity contribution in [2.75, 3.05) is 7.05 Å². The van der Waals surface area contributed by atoms with E-state index in [0.29, 0.717) is 18.3 Å². The van der Waals surface area contributed by atoms with Gasteiger partial charge in [-0.15, -0.1) is 24.0 Å². The van der Waals surface area contributed by atoms with Crippen molar-refractivity contribution >= 4 is 29.9 Å². The maximum atomic E-state index is 13.5. The smallest absolute Gasteiger partial charge is 0.191 e. The van der Waals surface area contributed by atoms with Crippen LogP contribution < -0.4 is 10.6 Å². The number of guanidine groups is 1. The Balaban J connectivity index is 0.00000220. The highest BCUT2D eigenvalue weighted by atomic mass is 127. The average Bonchev–Trinajstić information content (AvgIpc) is 2.47. The molecule has 0 amide bonds. The molecule has 0 bridgehead atoms. The van der Waals surface area contributed by atoms with Crippen molar-refractivity contribution in [3.8, 4) is 0 Å². The standard InChI is InChI=1S/C15H23FN4.HI/c1-11-5-7-12(8-6-11)20-15(17-2)19-10-14-13(16)4-3-9-18-14;/h3-4,9,11-12H,5-8,10H2,1-2H3,(H2,17,19,20);1H. The maximum absolute atomic E-state index is 13.5. The van der Waals surface area contributed by atoms with Gasteiger partial charge in [-0.3, -0.25) is 9.98 Å². The molecule has 6 heteroatoms. The molecular weight excluding hydrogens is 382 g/mol. The highest BCUT2D eigenvalue weighted by molar-refractivity contribution is 14.0. The van der Waals surface area contributed by atoms with Crippen LogP contribution in [0.2, 0.25) is 0 Å². The Hall–Kier alpha value is -0.920. The summed E-state index contributed by atoms with van der Waals surface area (Å²) >= 11 is 0. The van der Waals surface area contributed by atoms with Gasteiger partial charge in [-0.1, -0.05) is 6.92 Å². The fourth-order valence-corrected chi connectivity index (χ4v) is 2.51. The van der Waals surface area contributed by atoms with E-state index in [2.05, 4.69) is 27.5 Å². The highest BCUT2D eigenvalue weighted by Gasteiger charge is 2.18. The van der Waals surface area contributed by atoms with Crippen molar-refractivity contribution in [2.24, 2.45) is 10.9 Å². The first kappa shape index (κ1) is 18.1. The van der Waals surface area contributed by atoms with Crippen molar-refractivity contribution in [1.29, 1.82) is 0 Å². The summed E-state index contributed by atoms with van der Waals surface area (Å²) in [6, 6.07) is 3.48. The summed E-state index contributed by atoms with van der Waals surface area (Å²) in [4.78, 5) is 8.21. The summed E-state index contributed by atoms with van der Waals surface area (Å²) in [5.74, 6) is 1.25. The fraction of sp³-hybridized carbons (Fsp3) is 0.600. The molecule has 0 atom stereocenters. The Morgan fingerprint density at radius 3 is 2.71 bits per heavy atom. The van der Waals surface area contributed by atoms with Crippen LogP contribution in [0.5, 0.6) is 0 Å². The van der Waals surface area contributed by atoms with Crippen molar-refractivity contribution in [3.63, 3.8) is 0 Å². The van der Waals surface area contributed by atoms with Crippen LogP contribution in [0.15, 0.2) is 23.3 Å². The fourth-order valence-electron chi connectivity index (χ4n) is 2.51. The van der Waals surface area contributed by atoms with Gasteiger partial charge >= 0.3 is 0 Å². The Bertz CT molecular complexity index is 459. The number of nitrogens with zero attached hydrogens (tertiary/aromatic N) is 2. The molecule has 0 aromatic carbocycles. The summed E-state index contributed by atoms with van der Waals surface area (Å²) in [5, 5.41) is 6.53. The van der Waals surface area contributed by atoms with Crippen LogP contribution in [0, 0.1) is 11.7 Å². The lowest BCUT2D eigenvalue weighted by atomic mass is 9.87. The van der Waals surface area contributed by atoms with Crippen LogP contribution in [0.1, 0.15) is 38.3 Å². The molecule has 4 nitrogen and oxygen atoms in total. The Labute approximate surface area is 143 Å². The minimum Gasteiger partial charge on any atom is -0.354 e. The van der Waals surface area contributed by atoms with Crippen molar-refractivity contribution < 1.29 is 4.39 Å². The second kappa shape index (κ2) is 9.17. The van der Waals surface area contributed by atoms with Gasteiger partial charge < -0.3 is 10.6 Å². The molecule has 2 rings (SSSR count). The quantitative estimate of drug-likeness (QED) is 0.461. The molecule has 1 heterocycles. The largest absolute Gasteiger partial charge is 0.354 e. The number of halogens is 2. The van der Waals surface area contributed by atoms with Crippen molar-refractivity contribution in [3.05, 3.63) is 29.8 Å². The number of aromatic nitrogens is 1. The lowest BCUT2D eigenvalue weighted by molar-refractivity contribution is 0.329. The molecule has 1 fully saturated rings. The molecule has 0 aliphatic heterocycles. The molecule has 1 aliphatic carbocycles. The number of hydrogen-bond acceptors (Lipinski definition) is 2. The lowest BCUT2D eigenvalue weighted by Gasteiger charge is -2.28. The summed E-state index contributed by atoms with van der Waals surface area (Å²) < 4.78 is 13.5. The van der Waals surface area contributed by atoms with E-state index < -0.39 is 0 Å². The Morgan fingerprint density at radius 2 is 2.10 bits per heavy atom. The zero-order chi connectivity index (χ0) is 14.4. The number of rotatable bonds is 3. The SMILES string of the molecule is CN=C(NCc1ncccc1F)NC1CCC(C)CC1.I. The molecule has 1 aromatic heterocycles. The molecular formula is C15H24FIN4. The Kier molecular flexibility index (Phi) is 7.92. The lowest BCUT2D eigenvalue weighted by Crippen LogP contribution is -2.44. The number of aliphatic imine (C=N–C) groups is 1. The van der Waals surface area contributed by atoms with Gasteiger partial charge in [0, 0.05) is 19.3 Å². The average molecular weight is 406 g/mol. The van der Waals surface area contributed by atoms with Crippen LogP contribution in [-0.2, 0) is 6.54 Å². The second-order valence-corrected chi connectivity index (χ2v) is 5.46. The maximum Gasteiger partial charge on any atom is 0.191 e. The normalized spacial score (nSPS) is 22.3. The topological polar surface area (TPSA) is 49.3 Å². The third-order valence-electron chi connectivity index (χ3n) is 3.84. The van der Waals surface area contributed by atoms with Gasteiger partial charge in [0.25, 0.3) is 0 Å². The van der Waals surface area contributed by atoms with Crippen LogP contribution in [0.4, 0.5) is 4.39 Å². The van der Waals surface area contributed by atoms with Gasteiger partial charge in [0.2, 0.25) is 0 Å². The van der Waals surface area contributed by atoms with Gasteiger partial charge in [-0.2, -0.15) is 0 Å². The molecule has 2 N–H and O–H groups in total. The second-order valence-electron chi connectivity index (χ2n) is 5.46. The molecule has 1 aromatic rings. The van der Waals surface area contributed by atoms with Crippen LogP contribution in [0.25, 0.3) is 0 Å². The molecule has 0 spiro atoms. The van der Waals surface area contributed by atoms with Crippen LogP contribution in [-0.4, -0.2) is 24.0 Å². The van der Waals surface area contributed by atoms with Gasteiger partial charge in [0.05, 0.1) is 12.2 Å². The third-order valence-corrected chi connectivity index (χ3v) is 3.84. The predicted molar refractivity (Wildman–Crippen MR) is 94.4 cm³/mol. The van der Waals surface area contributed by atoms with Gasteiger partial charge in [-0.25, -0.2) is 4.39 Å². The van der Waals surface area contributed by atoms with E-state index >= 15 is 0 Å². The minimum absolute atomic E-state index is 0. The van der Waals surface area contributed by atoms with Gasteiger partial charge in [-0.05, 0) is 43.7 Å². The van der Waals surface area contributed by atoms with Crippen molar-refractivity contribution in [1.82, 2.24) is 15.6 Å². The summed E-state index contributed by atoms with van der Waals surface area (Å²) in [7, 11) is 1.73. The van der Waals surface area contributed by atoms with Crippen LogP contribution >= 0.6 is 24.0 Å². The first-order chi connectivity index (χ1) is 9.69. The summed E-state index contributed by atoms with van der Waals surface area (Å²) in [6.45, 7) is 2.64. The number of pyridine rings is 1. The van der Waals surface area contributed by atoms with Crippen LogP contribution in [0.3, 0.4) is 0 Å². The van der Waals surface area contributed by atoms with E-state index in [1.165, 1.54) is 31.7 Å². The summed E-state index contributed by atoms with van der Waals surface area (Å²) in [6.07, 6.45) is 6.44. The predicted octanol–water partition coefficient (Wildman–Crippen LogP) is 3.08. The molecule has 0 saturated heterocycles. The molecule has 1 saturated carbocycles. The van der Waals surface area contributed by atoms with E-state index in [9.17, 15) is 4.39 Å². The number of nitrogens with one attached hydrogen (secondary N) is 2. The van der Waals surface area contributed by atoms with Crippen molar-refractivity contribution in [2.45, 2.75) is 45.2 Å². The first-order valence-electron chi connectivity index (χ1n) is 7.25. The van der Waals surface area contributed by atoms with E-state index in [1.54, 1.807) is 19.3 Å². The molecule has 118 valence electrons. The van der Waals surface area contributed by atoms with E-state index in [4.69, 9.17) is 0 Å². The first-order valence-corrected chi connectivity index (χ1v) is 7.25. The molecule has 21 heavy (non-hydrogen) atoms. The van der Waals surface area contributed by atoms with E-state index in [-0.39, 0.29) is 29.8 Å². The third kappa shape index (κ3) is 5.76. The van der Waals surface area contributed by atoms with E-state index in [0.717, 1.165) is 11.9 Å². The zero-order valence-electron chi connectivity index (χ0n) is 12.6. The Morgan fingerprint density at radius 1 is 1.38 bits per heavy atom. The monoisotopic (exact) mass is 406 g/mol. The summed E-state index contributed by atoms with van der Waals surface area (Å²) in [5.41, 5.74) is 0.410. The minimum atomic E-state index is -0.290. The molecule has 0 unspecified atom stereocenters.